The number of aliphatic hydroxyl groups is 2. The number of piperidine rings is 1. The maximum atomic E-state index is 9.89. The molecule has 8 heteroatoms. The maximum absolute atomic E-state index is 9.89. The highest BCUT2D eigenvalue weighted by Gasteiger charge is 2.26. The van der Waals surface area contributed by atoms with E-state index in [1.165, 1.54) is 12.7 Å². The highest BCUT2D eigenvalue weighted by Crippen LogP contribution is 2.27. The van der Waals surface area contributed by atoms with Gasteiger partial charge in [0, 0.05) is 19.1 Å². The van der Waals surface area contributed by atoms with Gasteiger partial charge in [-0.3, -0.25) is 0 Å². The van der Waals surface area contributed by atoms with Crippen LogP contribution in [-0.2, 0) is 0 Å². The number of anilines is 1. The maximum Gasteiger partial charge on any atom is 0.165 e. The van der Waals surface area contributed by atoms with Gasteiger partial charge in [0.25, 0.3) is 0 Å². The van der Waals surface area contributed by atoms with Gasteiger partial charge in [0.2, 0.25) is 0 Å². The Morgan fingerprint density at radius 3 is 2.79 bits per heavy atom. The van der Waals surface area contributed by atoms with Gasteiger partial charge in [-0.25, -0.2) is 15.0 Å². The van der Waals surface area contributed by atoms with E-state index < -0.39 is 12.1 Å². The van der Waals surface area contributed by atoms with E-state index in [1.54, 1.807) is 17.8 Å². The minimum Gasteiger partial charge on any atom is -0.394 e. The average molecular weight is 334 g/mol. The number of imidazole rings is 1. The highest BCUT2D eigenvalue weighted by molar-refractivity contribution is 5.83. The van der Waals surface area contributed by atoms with E-state index in [2.05, 4.69) is 38.8 Å². The summed E-state index contributed by atoms with van der Waals surface area (Å²) in [4.78, 5) is 17.8. The third kappa shape index (κ3) is 3.09. The topological polar surface area (TPSA) is 90.5 Å². The van der Waals surface area contributed by atoms with Crippen LogP contribution in [0.25, 0.3) is 11.2 Å². The van der Waals surface area contributed by atoms with Gasteiger partial charge in [0.05, 0.1) is 25.1 Å². The fourth-order valence-electron chi connectivity index (χ4n) is 3.36. The van der Waals surface area contributed by atoms with Gasteiger partial charge in [-0.15, -0.1) is 0 Å². The number of hydrogen-bond acceptors (Lipinski definition) is 7. The summed E-state index contributed by atoms with van der Waals surface area (Å²) in [6.07, 6.45) is 4.76. The van der Waals surface area contributed by atoms with E-state index in [9.17, 15) is 10.2 Å². The number of hydrogen-bond donors (Lipinski definition) is 2. The number of aliphatic hydroxyl groups excluding tert-OH is 2. The predicted molar refractivity (Wildman–Crippen MR) is 92.0 cm³/mol. The van der Waals surface area contributed by atoms with Crippen molar-refractivity contribution < 1.29 is 10.2 Å². The van der Waals surface area contributed by atoms with Gasteiger partial charge >= 0.3 is 0 Å². The SMILES string of the molecule is C[C@@H](O)[C@H](CO)n1cnc2c(N3CCCC(N(C)C)C3)ncnc21. The van der Waals surface area contributed by atoms with Crippen molar-refractivity contribution in [3.8, 4) is 0 Å². The summed E-state index contributed by atoms with van der Waals surface area (Å²) in [6.45, 7) is 3.34. The molecule has 2 aromatic heterocycles. The minimum atomic E-state index is -0.695. The Morgan fingerprint density at radius 1 is 1.33 bits per heavy atom. The summed E-state index contributed by atoms with van der Waals surface area (Å²) < 4.78 is 1.73. The second-order valence-corrected chi connectivity index (χ2v) is 6.72. The Balaban J connectivity index is 1.97. The van der Waals surface area contributed by atoms with Crippen molar-refractivity contribution in [3.05, 3.63) is 12.7 Å². The normalized spacial score (nSPS) is 21.4. The third-order valence-corrected chi connectivity index (χ3v) is 4.87. The van der Waals surface area contributed by atoms with Crippen LogP contribution >= 0.6 is 0 Å². The summed E-state index contributed by atoms with van der Waals surface area (Å²) in [5.74, 6) is 0.826. The molecule has 8 nitrogen and oxygen atoms in total. The van der Waals surface area contributed by atoms with Crippen LogP contribution in [0.2, 0.25) is 0 Å². The van der Waals surface area contributed by atoms with Crippen LogP contribution in [0.15, 0.2) is 12.7 Å². The van der Waals surface area contributed by atoms with Crippen molar-refractivity contribution in [3.63, 3.8) is 0 Å². The van der Waals surface area contributed by atoms with Crippen molar-refractivity contribution in [2.75, 3.05) is 38.7 Å². The van der Waals surface area contributed by atoms with Crippen LogP contribution < -0.4 is 4.90 Å². The van der Waals surface area contributed by atoms with Crippen molar-refractivity contribution >= 4 is 17.0 Å². The molecule has 3 rings (SSSR count). The largest absolute Gasteiger partial charge is 0.394 e. The first-order valence-corrected chi connectivity index (χ1v) is 8.40. The molecule has 1 aliphatic heterocycles. The molecule has 1 aliphatic rings. The first-order valence-electron chi connectivity index (χ1n) is 8.40. The van der Waals surface area contributed by atoms with Crippen LogP contribution in [0.4, 0.5) is 5.82 Å². The monoisotopic (exact) mass is 334 g/mol. The van der Waals surface area contributed by atoms with E-state index >= 15 is 0 Å². The van der Waals surface area contributed by atoms with E-state index in [0.29, 0.717) is 11.7 Å². The summed E-state index contributed by atoms with van der Waals surface area (Å²) in [7, 11) is 4.21. The molecule has 1 fully saturated rings. The van der Waals surface area contributed by atoms with Crippen LogP contribution in [0.3, 0.4) is 0 Å². The summed E-state index contributed by atoms with van der Waals surface area (Å²) in [5, 5.41) is 19.5. The number of rotatable bonds is 5. The molecule has 3 heterocycles. The zero-order valence-corrected chi connectivity index (χ0v) is 14.5. The van der Waals surface area contributed by atoms with Crippen LogP contribution in [0, 0.1) is 0 Å². The molecular weight excluding hydrogens is 308 g/mol. The number of nitrogens with zero attached hydrogens (tertiary/aromatic N) is 6. The lowest BCUT2D eigenvalue weighted by atomic mass is 10.0. The second kappa shape index (κ2) is 7.00. The standard InChI is InChI=1S/C16H26N6O2/c1-11(24)13(8-23)22-10-19-14-15(17-9-18-16(14)22)21-6-4-5-12(7-21)20(2)3/h9-13,23-24H,4-8H2,1-3H3/t11-,12?,13+/m1/s1. The van der Waals surface area contributed by atoms with Crippen molar-refractivity contribution in [2.45, 2.75) is 38.0 Å². The lowest BCUT2D eigenvalue weighted by Crippen LogP contribution is -2.45. The number of fused-ring (bicyclic) bond motifs is 1. The minimum absolute atomic E-state index is 0.172. The summed E-state index contributed by atoms with van der Waals surface area (Å²) in [6, 6.07) is 0.0298. The molecule has 0 saturated carbocycles. The Bertz CT molecular complexity index is 686. The van der Waals surface area contributed by atoms with Gasteiger partial charge < -0.3 is 24.6 Å². The van der Waals surface area contributed by atoms with Gasteiger partial charge in [0.15, 0.2) is 17.0 Å². The molecule has 2 N–H and O–H groups in total. The molecule has 3 atom stereocenters. The summed E-state index contributed by atoms with van der Waals surface area (Å²) >= 11 is 0. The number of likely N-dealkylation sites (N-methyl/N-ethyl adjacent to an activating group) is 1. The first-order chi connectivity index (χ1) is 11.5. The van der Waals surface area contributed by atoms with Crippen molar-refractivity contribution in [2.24, 2.45) is 0 Å². The van der Waals surface area contributed by atoms with Gasteiger partial charge in [-0.05, 0) is 33.9 Å². The molecule has 0 spiro atoms. The predicted octanol–water partition coefficient (Wildman–Crippen LogP) is 0.271. The third-order valence-electron chi connectivity index (χ3n) is 4.87. The van der Waals surface area contributed by atoms with Crippen LogP contribution in [0.5, 0.6) is 0 Å². The molecule has 0 amide bonds. The zero-order valence-electron chi connectivity index (χ0n) is 14.5. The van der Waals surface area contributed by atoms with E-state index in [1.807, 2.05) is 0 Å². The fourth-order valence-corrected chi connectivity index (χ4v) is 3.36. The van der Waals surface area contributed by atoms with Crippen LogP contribution in [0.1, 0.15) is 25.8 Å². The average Bonchev–Trinajstić information content (AvgIpc) is 2.99. The molecule has 0 aliphatic carbocycles. The first kappa shape index (κ1) is 17.1. The molecule has 132 valence electrons. The molecule has 1 unspecified atom stereocenters. The van der Waals surface area contributed by atoms with E-state index in [0.717, 1.165) is 30.8 Å². The Morgan fingerprint density at radius 2 is 2.12 bits per heavy atom. The quantitative estimate of drug-likeness (QED) is 0.811. The van der Waals surface area contributed by atoms with Crippen molar-refractivity contribution in [1.29, 1.82) is 0 Å². The molecule has 0 radical (unpaired) electrons. The van der Waals surface area contributed by atoms with Gasteiger partial charge in [-0.1, -0.05) is 0 Å². The van der Waals surface area contributed by atoms with Crippen molar-refractivity contribution in [1.82, 2.24) is 24.4 Å². The lowest BCUT2D eigenvalue weighted by Gasteiger charge is -2.36. The van der Waals surface area contributed by atoms with Gasteiger partial charge in [-0.2, -0.15) is 0 Å². The van der Waals surface area contributed by atoms with E-state index in [4.69, 9.17) is 0 Å². The Labute approximate surface area is 141 Å². The van der Waals surface area contributed by atoms with Gasteiger partial charge in [0.1, 0.15) is 6.33 Å². The summed E-state index contributed by atoms with van der Waals surface area (Å²) in [5.41, 5.74) is 1.36. The zero-order chi connectivity index (χ0) is 17.3. The molecule has 1 saturated heterocycles. The van der Waals surface area contributed by atoms with E-state index in [-0.39, 0.29) is 6.61 Å². The molecule has 24 heavy (non-hydrogen) atoms. The second-order valence-electron chi connectivity index (χ2n) is 6.72. The Hall–Kier alpha value is -1.77. The lowest BCUT2D eigenvalue weighted by molar-refractivity contribution is 0.0885. The molecule has 0 aromatic carbocycles. The number of aromatic nitrogens is 4. The molecule has 0 bridgehead atoms. The fraction of sp³-hybridized carbons (Fsp3) is 0.688. The smallest absolute Gasteiger partial charge is 0.165 e. The molecule has 2 aromatic rings. The highest BCUT2D eigenvalue weighted by atomic mass is 16.3. The Kier molecular flexibility index (Phi) is 4.98. The van der Waals surface area contributed by atoms with Crippen LogP contribution in [-0.4, -0.2) is 80.6 Å². The molecular formula is C16H26N6O2.